The van der Waals surface area contributed by atoms with Crippen molar-refractivity contribution in [3.8, 4) is 0 Å². The maximum absolute atomic E-state index is 12.9. The Labute approximate surface area is 199 Å². The Morgan fingerprint density at radius 2 is 1.81 bits per heavy atom. The molecule has 0 spiro atoms. The van der Waals surface area contributed by atoms with Gasteiger partial charge < -0.3 is 9.73 Å². The number of rotatable bonds is 4. The lowest BCUT2D eigenvalue weighted by Gasteiger charge is -2.13. The highest BCUT2D eigenvalue weighted by Gasteiger charge is 2.28. The summed E-state index contributed by atoms with van der Waals surface area (Å²) in [6.45, 7) is 3.71. The Morgan fingerprint density at radius 3 is 2.53 bits per heavy atom. The number of furan rings is 1. The summed E-state index contributed by atoms with van der Waals surface area (Å²) in [4.78, 5) is 25.4. The molecule has 6 nitrogen and oxygen atoms in total. The van der Waals surface area contributed by atoms with Gasteiger partial charge in [-0.15, -0.1) is 0 Å². The van der Waals surface area contributed by atoms with Crippen molar-refractivity contribution in [3.63, 3.8) is 0 Å². The number of carbonyl (C=O) groups excluding carboxylic acids is 2. The maximum Gasteiger partial charge on any atom is 0.291 e. The number of hydrazone groups is 1. The van der Waals surface area contributed by atoms with E-state index in [1.54, 1.807) is 42.5 Å². The molecule has 2 aromatic carbocycles. The van der Waals surface area contributed by atoms with Crippen LogP contribution in [0.1, 0.15) is 56.2 Å². The second-order valence-corrected chi connectivity index (χ2v) is 8.98. The third-order valence-electron chi connectivity index (χ3n) is 5.37. The molecule has 1 aliphatic carbocycles. The number of hydrogen-bond donors (Lipinski definition) is 2. The van der Waals surface area contributed by atoms with Crippen molar-refractivity contribution in [3.05, 3.63) is 85.7 Å². The van der Waals surface area contributed by atoms with Crippen molar-refractivity contribution < 1.29 is 14.0 Å². The first-order chi connectivity index (χ1) is 15.3. The molecule has 32 heavy (non-hydrogen) atoms. The van der Waals surface area contributed by atoms with Crippen molar-refractivity contribution in [2.45, 2.75) is 33.1 Å². The van der Waals surface area contributed by atoms with Crippen LogP contribution in [-0.2, 0) is 6.42 Å². The van der Waals surface area contributed by atoms with E-state index < -0.39 is 0 Å². The largest absolute Gasteiger partial charge is 0.455 e. The molecule has 0 aliphatic heterocycles. The third kappa shape index (κ3) is 4.64. The number of fused-ring (bicyclic) bond motifs is 1. The van der Waals surface area contributed by atoms with Gasteiger partial charge in [-0.2, -0.15) is 5.10 Å². The standard InChI is InChI=1S/C24H21BrClN3O3/c1-13-12-17(26)10-11-18(13)27-24(31)22-14(2)21-19(4-3-5-20(21)32-22)28-29-23(30)15-6-8-16(25)9-7-15/h6-12H,3-5H2,1-2H3,(H,27,31)(H,29,30)/b28-19+. The Kier molecular flexibility index (Phi) is 6.48. The number of carbonyl (C=O) groups is 2. The molecule has 4 rings (SSSR count). The number of amides is 2. The number of anilines is 1. The summed E-state index contributed by atoms with van der Waals surface area (Å²) in [6, 6.07) is 12.3. The molecule has 1 aromatic heterocycles. The Hall–Kier alpha value is -2.90. The maximum atomic E-state index is 12.9. The lowest BCUT2D eigenvalue weighted by Crippen LogP contribution is -2.22. The molecule has 0 fully saturated rings. The van der Waals surface area contributed by atoms with Crippen molar-refractivity contribution in [2.75, 3.05) is 5.32 Å². The van der Waals surface area contributed by atoms with Gasteiger partial charge in [0.15, 0.2) is 5.76 Å². The fraction of sp³-hybridized carbons (Fsp3) is 0.208. The first-order valence-electron chi connectivity index (χ1n) is 10.2. The molecule has 3 aromatic rings. The summed E-state index contributed by atoms with van der Waals surface area (Å²) in [5.74, 6) is 0.330. The highest BCUT2D eigenvalue weighted by molar-refractivity contribution is 9.10. The van der Waals surface area contributed by atoms with E-state index in [1.807, 2.05) is 13.8 Å². The predicted octanol–water partition coefficient (Wildman–Crippen LogP) is 6.04. The second kappa shape index (κ2) is 9.30. The lowest BCUT2D eigenvalue weighted by molar-refractivity contribution is 0.0953. The zero-order valence-electron chi connectivity index (χ0n) is 17.6. The van der Waals surface area contributed by atoms with Gasteiger partial charge in [0.25, 0.3) is 11.8 Å². The van der Waals surface area contributed by atoms with E-state index in [1.165, 1.54) is 0 Å². The fourth-order valence-corrected chi connectivity index (χ4v) is 4.22. The van der Waals surface area contributed by atoms with Gasteiger partial charge in [0, 0.05) is 38.3 Å². The van der Waals surface area contributed by atoms with Crippen LogP contribution in [0.4, 0.5) is 5.69 Å². The average Bonchev–Trinajstić information content (AvgIpc) is 3.12. The highest BCUT2D eigenvalue weighted by atomic mass is 79.9. The summed E-state index contributed by atoms with van der Waals surface area (Å²) >= 11 is 9.36. The van der Waals surface area contributed by atoms with E-state index in [0.717, 1.165) is 22.0 Å². The average molecular weight is 515 g/mol. The topological polar surface area (TPSA) is 83.7 Å². The van der Waals surface area contributed by atoms with Gasteiger partial charge in [0.2, 0.25) is 0 Å². The van der Waals surface area contributed by atoms with Crippen LogP contribution in [0.3, 0.4) is 0 Å². The molecule has 1 aliphatic rings. The molecule has 0 atom stereocenters. The molecule has 8 heteroatoms. The van der Waals surface area contributed by atoms with E-state index >= 15 is 0 Å². The van der Waals surface area contributed by atoms with E-state index in [4.69, 9.17) is 16.0 Å². The van der Waals surface area contributed by atoms with Gasteiger partial charge >= 0.3 is 0 Å². The molecular weight excluding hydrogens is 494 g/mol. The normalized spacial score (nSPS) is 14.2. The van der Waals surface area contributed by atoms with Crippen LogP contribution in [0.5, 0.6) is 0 Å². The fourth-order valence-electron chi connectivity index (χ4n) is 3.73. The zero-order chi connectivity index (χ0) is 22.8. The molecule has 0 unspecified atom stereocenters. The van der Waals surface area contributed by atoms with Gasteiger partial charge in [-0.25, -0.2) is 5.43 Å². The van der Waals surface area contributed by atoms with Crippen LogP contribution in [-0.4, -0.2) is 17.5 Å². The quantitative estimate of drug-likeness (QED) is 0.417. The van der Waals surface area contributed by atoms with Crippen LogP contribution in [0, 0.1) is 13.8 Å². The highest BCUT2D eigenvalue weighted by Crippen LogP contribution is 2.31. The Balaban J connectivity index is 1.57. The van der Waals surface area contributed by atoms with E-state index in [9.17, 15) is 9.59 Å². The zero-order valence-corrected chi connectivity index (χ0v) is 19.9. The Morgan fingerprint density at radius 1 is 1.06 bits per heavy atom. The number of hydrogen-bond acceptors (Lipinski definition) is 4. The summed E-state index contributed by atoms with van der Waals surface area (Å²) in [5.41, 5.74) is 6.88. The third-order valence-corrected chi connectivity index (χ3v) is 6.13. The van der Waals surface area contributed by atoms with Crippen molar-refractivity contribution in [1.29, 1.82) is 0 Å². The van der Waals surface area contributed by atoms with Crippen molar-refractivity contribution >= 4 is 50.7 Å². The molecule has 0 bridgehead atoms. The Bertz CT molecular complexity index is 1230. The summed E-state index contributed by atoms with van der Waals surface area (Å²) in [6.07, 6.45) is 2.22. The van der Waals surface area contributed by atoms with Gasteiger partial charge in [-0.1, -0.05) is 27.5 Å². The number of halogens is 2. The number of aryl methyl sites for hydroxylation is 2. The van der Waals surface area contributed by atoms with Crippen molar-refractivity contribution in [1.82, 2.24) is 5.43 Å². The first-order valence-corrected chi connectivity index (χ1v) is 11.3. The van der Waals surface area contributed by atoms with Gasteiger partial charge in [0.05, 0.1) is 5.71 Å². The predicted molar refractivity (Wildman–Crippen MR) is 129 cm³/mol. The van der Waals surface area contributed by atoms with Crippen LogP contribution >= 0.6 is 27.5 Å². The molecule has 0 radical (unpaired) electrons. The van der Waals surface area contributed by atoms with Crippen LogP contribution in [0.15, 0.2) is 56.5 Å². The van der Waals surface area contributed by atoms with Crippen LogP contribution in [0.25, 0.3) is 0 Å². The smallest absolute Gasteiger partial charge is 0.291 e. The number of benzene rings is 2. The molecular formula is C24H21BrClN3O3. The van der Waals surface area contributed by atoms with Gasteiger partial charge in [-0.3, -0.25) is 9.59 Å². The molecule has 2 N–H and O–H groups in total. The summed E-state index contributed by atoms with van der Waals surface area (Å²) in [7, 11) is 0. The van der Waals surface area contributed by atoms with Gasteiger partial charge in [0.1, 0.15) is 5.76 Å². The molecule has 0 saturated carbocycles. The van der Waals surface area contributed by atoms with E-state index in [-0.39, 0.29) is 17.6 Å². The minimum Gasteiger partial charge on any atom is -0.455 e. The monoisotopic (exact) mass is 513 g/mol. The van der Waals surface area contributed by atoms with Crippen LogP contribution < -0.4 is 10.7 Å². The number of nitrogens with one attached hydrogen (secondary N) is 2. The number of nitrogens with zero attached hydrogens (tertiary/aromatic N) is 1. The summed E-state index contributed by atoms with van der Waals surface area (Å²) < 4.78 is 6.83. The molecule has 1 heterocycles. The second-order valence-electron chi connectivity index (χ2n) is 7.63. The molecule has 0 saturated heterocycles. The lowest BCUT2D eigenvalue weighted by atomic mass is 9.93. The minimum absolute atomic E-state index is 0.248. The van der Waals surface area contributed by atoms with Crippen LogP contribution in [0.2, 0.25) is 5.02 Å². The SMILES string of the molecule is Cc1cc(Cl)ccc1NC(=O)c1oc2c(c1C)/C(=N/NC(=O)c1ccc(Br)cc1)CCC2. The summed E-state index contributed by atoms with van der Waals surface area (Å²) in [5, 5.41) is 7.86. The minimum atomic E-state index is -0.333. The van der Waals surface area contributed by atoms with Gasteiger partial charge in [-0.05, 0) is 74.7 Å². The van der Waals surface area contributed by atoms with Crippen molar-refractivity contribution in [2.24, 2.45) is 5.10 Å². The molecule has 164 valence electrons. The van der Waals surface area contributed by atoms with E-state index in [2.05, 4.69) is 31.8 Å². The first kappa shape index (κ1) is 22.3. The molecule has 2 amide bonds. The van der Waals surface area contributed by atoms with E-state index in [0.29, 0.717) is 46.2 Å².